The maximum atomic E-state index is 10.8. The standard InChI is InChI=1S/C13H17NO2/c15-13(16)11-6-7-12(8-11)14-9-10-4-2-1-3-5-10/h1-5,11-12,14H,6-9H2,(H,15,16). The summed E-state index contributed by atoms with van der Waals surface area (Å²) >= 11 is 0. The number of aliphatic carboxylic acids is 1. The summed E-state index contributed by atoms with van der Waals surface area (Å²) in [6, 6.07) is 10.6. The minimum atomic E-state index is -0.649. The minimum Gasteiger partial charge on any atom is -0.481 e. The summed E-state index contributed by atoms with van der Waals surface area (Å²) in [5, 5.41) is 12.3. The molecule has 16 heavy (non-hydrogen) atoms. The Balaban J connectivity index is 1.78. The fourth-order valence-electron chi connectivity index (χ4n) is 2.25. The largest absolute Gasteiger partial charge is 0.481 e. The fourth-order valence-corrected chi connectivity index (χ4v) is 2.25. The van der Waals surface area contributed by atoms with E-state index in [-0.39, 0.29) is 5.92 Å². The average Bonchev–Trinajstić information content (AvgIpc) is 2.76. The summed E-state index contributed by atoms with van der Waals surface area (Å²) in [4.78, 5) is 10.8. The zero-order valence-electron chi connectivity index (χ0n) is 9.23. The van der Waals surface area contributed by atoms with Gasteiger partial charge in [-0.3, -0.25) is 4.79 Å². The van der Waals surface area contributed by atoms with Crippen LogP contribution in [0.1, 0.15) is 24.8 Å². The Morgan fingerprint density at radius 3 is 2.69 bits per heavy atom. The van der Waals surface area contributed by atoms with Crippen LogP contribution in [0.3, 0.4) is 0 Å². The number of carboxylic acid groups (broad SMARTS) is 1. The Labute approximate surface area is 95.5 Å². The third kappa shape index (κ3) is 2.83. The molecule has 0 heterocycles. The first-order valence-corrected chi connectivity index (χ1v) is 5.76. The van der Waals surface area contributed by atoms with Gasteiger partial charge in [-0.1, -0.05) is 30.3 Å². The highest BCUT2D eigenvalue weighted by molar-refractivity contribution is 5.70. The van der Waals surface area contributed by atoms with Crippen molar-refractivity contribution >= 4 is 5.97 Å². The van der Waals surface area contributed by atoms with Gasteiger partial charge in [0.1, 0.15) is 0 Å². The van der Waals surface area contributed by atoms with Crippen LogP contribution in [0.4, 0.5) is 0 Å². The van der Waals surface area contributed by atoms with E-state index in [0.717, 1.165) is 25.8 Å². The van der Waals surface area contributed by atoms with E-state index in [1.54, 1.807) is 0 Å². The SMILES string of the molecule is O=C(O)C1CCC(NCc2ccccc2)C1. The molecule has 2 unspecified atom stereocenters. The van der Waals surface area contributed by atoms with Crippen molar-refractivity contribution in [2.75, 3.05) is 0 Å². The smallest absolute Gasteiger partial charge is 0.306 e. The van der Waals surface area contributed by atoms with E-state index in [0.29, 0.717) is 6.04 Å². The fraction of sp³-hybridized carbons (Fsp3) is 0.462. The summed E-state index contributed by atoms with van der Waals surface area (Å²) in [7, 11) is 0. The topological polar surface area (TPSA) is 49.3 Å². The molecule has 1 aliphatic carbocycles. The van der Waals surface area contributed by atoms with E-state index in [1.165, 1.54) is 5.56 Å². The number of nitrogens with one attached hydrogen (secondary N) is 1. The minimum absolute atomic E-state index is 0.145. The molecule has 2 rings (SSSR count). The molecule has 0 aliphatic heterocycles. The normalized spacial score (nSPS) is 24.5. The first kappa shape index (κ1) is 11.1. The van der Waals surface area contributed by atoms with Crippen LogP contribution >= 0.6 is 0 Å². The molecule has 3 heteroatoms. The predicted molar refractivity (Wildman–Crippen MR) is 62.0 cm³/mol. The number of rotatable bonds is 4. The lowest BCUT2D eigenvalue weighted by Gasteiger charge is -2.12. The highest BCUT2D eigenvalue weighted by Crippen LogP contribution is 2.25. The summed E-state index contributed by atoms with van der Waals surface area (Å²) in [6.07, 6.45) is 2.55. The molecular formula is C13H17NO2. The molecule has 0 saturated heterocycles. The molecule has 0 spiro atoms. The molecule has 1 aromatic rings. The molecule has 1 aromatic carbocycles. The zero-order valence-corrected chi connectivity index (χ0v) is 9.23. The van der Waals surface area contributed by atoms with Crippen molar-refractivity contribution in [2.24, 2.45) is 5.92 Å². The van der Waals surface area contributed by atoms with Gasteiger partial charge < -0.3 is 10.4 Å². The van der Waals surface area contributed by atoms with Crippen LogP contribution in [0, 0.1) is 5.92 Å². The number of carboxylic acids is 1. The summed E-state index contributed by atoms with van der Waals surface area (Å²) in [5.41, 5.74) is 1.25. The van der Waals surface area contributed by atoms with Crippen molar-refractivity contribution in [2.45, 2.75) is 31.8 Å². The van der Waals surface area contributed by atoms with Gasteiger partial charge in [-0.25, -0.2) is 0 Å². The number of benzene rings is 1. The molecule has 0 bridgehead atoms. The summed E-state index contributed by atoms with van der Waals surface area (Å²) in [5.74, 6) is -0.794. The lowest BCUT2D eigenvalue weighted by molar-refractivity contribution is -0.141. The third-order valence-corrected chi connectivity index (χ3v) is 3.22. The van der Waals surface area contributed by atoms with E-state index >= 15 is 0 Å². The second-order valence-electron chi connectivity index (χ2n) is 4.41. The highest BCUT2D eigenvalue weighted by Gasteiger charge is 2.29. The summed E-state index contributed by atoms with van der Waals surface area (Å²) < 4.78 is 0. The Hall–Kier alpha value is -1.35. The monoisotopic (exact) mass is 219 g/mol. The third-order valence-electron chi connectivity index (χ3n) is 3.22. The van der Waals surface area contributed by atoms with E-state index in [1.807, 2.05) is 18.2 Å². The highest BCUT2D eigenvalue weighted by atomic mass is 16.4. The van der Waals surface area contributed by atoms with Gasteiger partial charge in [-0.2, -0.15) is 0 Å². The van der Waals surface area contributed by atoms with Gasteiger partial charge in [0.2, 0.25) is 0 Å². The van der Waals surface area contributed by atoms with Crippen molar-refractivity contribution in [1.29, 1.82) is 0 Å². The van der Waals surface area contributed by atoms with Crippen molar-refractivity contribution in [3.63, 3.8) is 0 Å². The molecule has 1 saturated carbocycles. The van der Waals surface area contributed by atoms with Gasteiger partial charge in [0, 0.05) is 12.6 Å². The van der Waals surface area contributed by atoms with E-state index in [2.05, 4.69) is 17.4 Å². The second kappa shape index (κ2) is 5.12. The molecule has 0 radical (unpaired) electrons. The first-order chi connectivity index (χ1) is 7.75. The Kier molecular flexibility index (Phi) is 3.57. The second-order valence-corrected chi connectivity index (χ2v) is 4.41. The van der Waals surface area contributed by atoms with Crippen molar-refractivity contribution in [1.82, 2.24) is 5.32 Å². The maximum absolute atomic E-state index is 10.8. The van der Waals surface area contributed by atoms with Crippen LogP contribution < -0.4 is 5.32 Å². The molecule has 2 N–H and O–H groups in total. The van der Waals surface area contributed by atoms with Gasteiger partial charge in [0.15, 0.2) is 0 Å². The van der Waals surface area contributed by atoms with Crippen LogP contribution in [-0.2, 0) is 11.3 Å². The Morgan fingerprint density at radius 1 is 1.31 bits per heavy atom. The van der Waals surface area contributed by atoms with Crippen LogP contribution in [0.15, 0.2) is 30.3 Å². The van der Waals surface area contributed by atoms with Crippen LogP contribution in [0.2, 0.25) is 0 Å². The number of hydrogen-bond donors (Lipinski definition) is 2. The van der Waals surface area contributed by atoms with E-state index in [4.69, 9.17) is 5.11 Å². The molecular weight excluding hydrogens is 202 g/mol. The zero-order chi connectivity index (χ0) is 11.4. The summed E-state index contributed by atoms with van der Waals surface area (Å²) in [6.45, 7) is 0.831. The maximum Gasteiger partial charge on any atom is 0.306 e. The molecule has 1 aliphatic rings. The van der Waals surface area contributed by atoms with Gasteiger partial charge in [-0.15, -0.1) is 0 Å². The average molecular weight is 219 g/mol. The predicted octanol–water partition coefficient (Wildman–Crippen LogP) is 2.03. The number of hydrogen-bond acceptors (Lipinski definition) is 2. The first-order valence-electron chi connectivity index (χ1n) is 5.76. The van der Waals surface area contributed by atoms with Gasteiger partial charge in [0.25, 0.3) is 0 Å². The van der Waals surface area contributed by atoms with Gasteiger partial charge in [0.05, 0.1) is 5.92 Å². The molecule has 2 atom stereocenters. The van der Waals surface area contributed by atoms with Gasteiger partial charge >= 0.3 is 5.97 Å². The van der Waals surface area contributed by atoms with E-state index in [9.17, 15) is 4.79 Å². The lowest BCUT2D eigenvalue weighted by atomic mass is 10.1. The van der Waals surface area contributed by atoms with Crippen molar-refractivity contribution < 1.29 is 9.90 Å². The molecule has 0 amide bonds. The molecule has 0 aromatic heterocycles. The Bertz CT molecular complexity index is 350. The van der Waals surface area contributed by atoms with Crippen LogP contribution in [0.25, 0.3) is 0 Å². The van der Waals surface area contributed by atoms with Crippen molar-refractivity contribution in [3.8, 4) is 0 Å². The van der Waals surface area contributed by atoms with Gasteiger partial charge in [-0.05, 0) is 24.8 Å². The van der Waals surface area contributed by atoms with Crippen molar-refractivity contribution in [3.05, 3.63) is 35.9 Å². The van der Waals surface area contributed by atoms with Crippen LogP contribution in [0.5, 0.6) is 0 Å². The molecule has 3 nitrogen and oxygen atoms in total. The lowest BCUT2D eigenvalue weighted by Crippen LogP contribution is -2.26. The Morgan fingerprint density at radius 2 is 2.06 bits per heavy atom. The van der Waals surface area contributed by atoms with E-state index < -0.39 is 5.97 Å². The number of carbonyl (C=O) groups is 1. The molecule has 1 fully saturated rings. The van der Waals surface area contributed by atoms with Crippen LogP contribution in [-0.4, -0.2) is 17.1 Å². The molecule has 86 valence electrons. The quantitative estimate of drug-likeness (QED) is 0.814.